The van der Waals surface area contributed by atoms with Gasteiger partial charge in [0.15, 0.2) is 0 Å². The van der Waals surface area contributed by atoms with Crippen LogP contribution in [0.4, 0.5) is 17.6 Å². The summed E-state index contributed by atoms with van der Waals surface area (Å²) in [4.78, 5) is 3.79. The topological polar surface area (TPSA) is 33.1 Å². The highest BCUT2D eigenvalue weighted by molar-refractivity contribution is 5.36. The molecule has 0 aliphatic carbocycles. The minimum atomic E-state index is -4.59. The second-order valence-corrected chi connectivity index (χ2v) is 4.37. The molecule has 2 aromatic rings. The lowest BCUT2D eigenvalue weighted by molar-refractivity contribution is -0.137. The van der Waals surface area contributed by atoms with Crippen LogP contribution in [0.1, 0.15) is 28.4 Å². The Morgan fingerprint density at radius 2 is 1.85 bits per heavy atom. The number of pyridine rings is 1. The van der Waals surface area contributed by atoms with Gasteiger partial charge in [0.1, 0.15) is 11.9 Å². The molecule has 0 aliphatic heterocycles. The molecule has 20 heavy (non-hydrogen) atoms. The maximum Gasteiger partial charge on any atom is 0.416 e. The van der Waals surface area contributed by atoms with Crippen molar-refractivity contribution in [1.29, 1.82) is 0 Å². The van der Waals surface area contributed by atoms with E-state index in [1.165, 1.54) is 12.4 Å². The fourth-order valence-corrected chi connectivity index (χ4v) is 1.86. The number of aliphatic hydroxyl groups is 1. The quantitative estimate of drug-likeness (QED) is 0.855. The van der Waals surface area contributed by atoms with Crippen molar-refractivity contribution < 1.29 is 22.7 Å². The first-order valence-corrected chi connectivity index (χ1v) is 5.76. The van der Waals surface area contributed by atoms with Crippen LogP contribution in [0.5, 0.6) is 0 Å². The molecular formula is C14H11F4NO. The Bertz CT molecular complexity index is 625. The van der Waals surface area contributed by atoms with Crippen molar-refractivity contribution >= 4 is 0 Å². The Balaban J connectivity index is 2.50. The summed E-state index contributed by atoms with van der Waals surface area (Å²) in [5.41, 5.74) is -0.541. The molecule has 0 bridgehead atoms. The van der Waals surface area contributed by atoms with E-state index in [-0.39, 0.29) is 5.56 Å². The van der Waals surface area contributed by atoms with Gasteiger partial charge in [-0.25, -0.2) is 4.39 Å². The number of nitrogens with zero attached hydrogens (tertiary/aromatic N) is 1. The average Bonchev–Trinajstić information content (AvgIpc) is 2.37. The molecule has 0 amide bonds. The van der Waals surface area contributed by atoms with Gasteiger partial charge in [0.2, 0.25) is 0 Å². The van der Waals surface area contributed by atoms with Gasteiger partial charge in [-0.2, -0.15) is 13.2 Å². The molecule has 1 N–H and O–H groups in total. The van der Waals surface area contributed by atoms with Crippen LogP contribution in [0.2, 0.25) is 0 Å². The Morgan fingerprint density at radius 3 is 2.45 bits per heavy atom. The number of rotatable bonds is 2. The minimum Gasteiger partial charge on any atom is -0.383 e. The van der Waals surface area contributed by atoms with Crippen LogP contribution in [0.3, 0.4) is 0 Å². The molecule has 1 atom stereocenters. The van der Waals surface area contributed by atoms with Gasteiger partial charge in [-0.15, -0.1) is 0 Å². The van der Waals surface area contributed by atoms with E-state index in [2.05, 4.69) is 4.98 Å². The van der Waals surface area contributed by atoms with Crippen LogP contribution >= 0.6 is 0 Å². The number of hydrogen-bond acceptors (Lipinski definition) is 2. The van der Waals surface area contributed by atoms with E-state index in [9.17, 15) is 22.7 Å². The molecule has 0 spiro atoms. The highest BCUT2D eigenvalue weighted by Gasteiger charge is 2.32. The molecule has 1 aromatic heterocycles. The summed E-state index contributed by atoms with van der Waals surface area (Å²) in [6.07, 6.45) is -3.30. The summed E-state index contributed by atoms with van der Waals surface area (Å²) >= 11 is 0. The SMILES string of the molecule is Cc1ccncc1C(O)c1cc(C(F)(F)F)ccc1F. The smallest absolute Gasteiger partial charge is 0.383 e. The standard InChI is InChI=1S/C14H11F4NO/c1-8-4-5-19-7-11(8)13(20)10-6-9(14(16,17)18)2-3-12(10)15/h2-7,13,20H,1H3. The molecule has 1 aromatic carbocycles. The maximum absolute atomic E-state index is 13.7. The molecule has 1 unspecified atom stereocenters. The zero-order valence-corrected chi connectivity index (χ0v) is 10.4. The first-order valence-electron chi connectivity index (χ1n) is 5.76. The van der Waals surface area contributed by atoms with Crippen LogP contribution in [-0.2, 0) is 6.18 Å². The normalized spacial score (nSPS) is 13.3. The number of hydrogen-bond donors (Lipinski definition) is 1. The van der Waals surface area contributed by atoms with Crippen LogP contribution in [0, 0.1) is 12.7 Å². The molecule has 0 aliphatic rings. The average molecular weight is 285 g/mol. The number of aliphatic hydroxyl groups excluding tert-OH is 1. The lowest BCUT2D eigenvalue weighted by atomic mass is 9.97. The molecular weight excluding hydrogens is 274 g/mol. The molecule has 2 nitrogen and oxygen atoms in total. The van der Waals surface area contributed by atoms with Crippen molar-refractivity contribution in [3.8, 4) is 0 Å². The highest BCUT2D eigenvalue weighted by atomic mass is 19.4. The third kappa shape index (κ3) is 2.80. The van der Waals surface area contributed by atoms with Crippen LogP contribution < -0.4 is 0 Å². The predicted molar refractivity (Wildman–Crippen MR) is 64.4 cm³/mol. The van der Waals surface area contributed by atoms with Crippen molar-refractivity contribution in [2.24, 2.45) is 0 Å². The molecule has 0 saturated carbocycles. The number of alkyl halides is 3. The molecule has 106 valence electrons. The zero-order chi connectivity index (χ0) is 14.9. The number of aryl methyl sites for hydroxylation is 1. The van der Waals surface area contributed by atoms with E-state index in [4.69, 9.17) is 0 Å². The minimum absolute atomic E-state index is 0.269. The molecule has 1 heterocycles. The third-order valence-corrected chi connectivity index (χ3v) is 2.99. The van der Waals surface area contributed by atoms with Crippen molar-refractivity contribution in [1.82, 2.24) is 4.98 Å². The van der Waals surface area contributed by atoms with Gasteiger partial charge in [-0.1, -0.05) is 0 Å². The summed E-state index contributed by atoms with van der Waals surface area (Å²) in [6.45, 7) is 1.66. The summed E-state index contributed by atoms with van der Waals surface area (Å²) in [6, 6.07) is 3.55. The summed E-state index contributed by atoms with van der Waals surface area (Å²) in [7, 11) is 0. The van der Waals surface area contributed by atoms with E-state index in [0.717, 1.165) is 0 Å². The lowest BCUT2D eigenvalue weighted by Crippen LogP contribution is -2.10. The largest absolute Gasteiger partial charge is 0.416 e. The molecule has 6 heteroatoms. The van der Waals surface area contributed by atoms with Crippen LogP contribution in [0.25, 0.3) is 0 Å². The molecule has 0 saturated heterocycles. The molecule has 0 fully saturated rings. The Hall–Kier alpha value is -1.95. The van der Waals surface area contributed by atoms with Crippen molar-refractivity contribution in [2.75, 3.05) is 0 Å². The number of halogens is 4. The summed E-state index contributed by atoms with van der Waals surface area (Å²) in [5.74, 6) is -0.895. The van der Waals surface area contributed by atoms with Crippen molar-refractivity contribution in [2.45, 2.75) is 19.2 Å². The maximum atomic E-state index is 13.7. The predicted octanol–water partition coefficient (Wildman–Crippen LogP) is 3.63. The fraction of sp³-hybridized carbons (Fsp3) is 0.214. The van der Waals surface area contributed by atoms with E-state index in [1.807, 2.05) is 0 Å². The lowest BCUT2D eigenvalue weighted by Gasteiger charge is -2.16. The zero-order valence-electron chi connectivity index (χ0n) is 10.4. The van der Waals surface area contributed by atoms with Gasteiger partial charge in [-0.3, -0.25) is 4.98 Å². The van der Waals surface area contributed by atoms with Gasteiger partial charge < -0.3 is 5.11 Å². The van der Waals surface area contributed by atoms with Gasteiger partial charge in [-0.05, 0) is 36.8 Å². The van der Waals surface area contributed by atoms with Crippen molar-refractivity contribution in [3.05, 3.63) is 64.7 Å². The fourth-order valence-electron chi connectivity index (χ4n) is 1.86. The van der Waals surface area contributed by atoms with E-state index < -0.39 is 29.2 Å². The first kappa shape index (κ1) is 14.5. The monoisotopic (exact) mass is 285 g/mol. The second kappa shape index (κ2) is 5.20. The number of benzene rings is 1. The third-order valence-electron chi connectivity index (χ3n) is 2.99. The van der Waals surface area contributed by atoms with Gasteiger partial charge in [0.25, 0.3) is 0 Å². The molecule has 0 radical (unpaired) electrons. The summed E-state index contributed by atoms with van der Waals surface area (Å²) in [5, 5.41) is 10.1. The number of aromatic nitrogens is 1. The van der Waals surface area contributed by atoms with E-state index in [1.54, 1.807) is 13.0 Å². The Morgan fingerprint density at radius 1 is 1.15 bits per heavy atom. The second-order valence-electron chi connectivity index (χ2n) is 4.37. The van der Waals surface area contributed by atoms with Crippen LogP contribution in [-0.4, -0.2) is 10.1 Å². The van der Waals surface area contributed by atoms with E-state index in [0.29, 0.717) is 23.8 Å². The molecule has 2 rings (SSSR count). The summed E-state index contributed by atoms with van der Waals surface area (Å²) < 4.78 is 51.6. The van der Waals surface area contributed by atoms with E-state index >= 15 is 0 Å². The van der Waals surface area contributed by atoms with Gasteiger partial charge in [0.05, 0.1) is 5.56 Å². The van der Waals surface area contributed by atoms with Gasteiger partial charge in [0, 0.05) is 23.5 Å². The van der Waals surface area contributed by atoms with Crippen LogP contribution in [0.15, 0.2) is 36.7 Å². The highest BCUT2D eigenvalue weighted by Crippen LogP contribution is 2.33. The van der Waals surface area contributed by atoms with Gasteiger partial charge >= 0.3 is 6.18 Å². The van der Waals surface area contributed by atoms with Crippen molar-refractivity contribution in [3.63, 3.8) is 0 Å². The Kier molecular flexibility index (Phi) is 3.76. The first-order chi connectivity index (χ1) is 9.30. The Labute approximate surface area is 112 Å².